The molecule has 6 aliphatic rings. The number of thiophene rings is 2. The number of fused-ring (bicyclic) bond motifs is 3. The molecule has 6 nitrogen and oxygen atoms in total. The maximum absolute atomic E-state index is 13.2. The van der Waals surface area contributed by atoms with Crippen LogP contribution in [0, 0.1) is 0 Å². The molecule has 5 aromatic carbocycles. The van der Waals surface area contributed by atoms with Gasteiger partial charge in [-0.15, -0.1) is 22.7 Å². The highest BCUT2D eigenvalue weighted by molar-refractivity contribution is 7.19. The zero-order valence-electron chi connectivity index (χ0n) is 28.6. The number of hydrogen-bond donors (Lipinski definition) is 0. The summed E-state index contributed by atoms with van der Waals surface area (Å²) in [6, 6.07) is 40.8. The highest BCUT2D eigenvalue weighted by Gasteiger charge is 2.50. The number of nitrogens with zero attached hydrogens (tertiary/aromatic N) is 2. The fraction of sp³-hybridized carbons (Fsp3) is 0.0870. The third-order valence-corrected chi connectivity index (χ3v) is 14.8. The maximum atomic E-state index is 13.2. The topological polar surface area (TPSA) is 94.1 Å². The van der Waals surface area contributed by atoms with Crippen molar-refractivity contribution in [1.29, 1.82) is 0 Å². The van der Waals surface area contributed by atoms with Gasteiger partial charge >= 0.3 is 0 Å². The molecule has 0 saturated carbocycles. The van der Waals surface area contributed by atoms with Gasteiger partial charge in [0.1, 0.15) is 11.0 Å². The van der Waals surface area contributed by atoms with Crippen molar-refractivity contribution in [2.24, 2.45) is 0 Å². The number of benzene rings is 5. The minimum atomic E-state index is -0.552. The van der Waals surface area contributed by atoms with Crippen LogP contribution in [0.2, 0.25) is 0 Å². The summed E-state index contributed by atoms with van der Waals surface area (Å²) >= 11 is 4.55. The molecule has 4 bridgehead atoms. The first-order chi connectivity index (χ1) is 26.9. The Morgan fingerprint density at radius 2 is 0.709 bits per heavy atom. The fourth-order valence-corrected chi connectivity index (χ4v) is 12.1. The first-order valence-corrected chi connectivity index (χ1v) is 20.4. The molecule has 8 aromatic rings. The monoisotopic (exact) mass is 764 g/mol. The van der Waals surface area contributed by atoms with Crippen molar-refractivity contribution in [3.05, 3.63) is 166 Å². The summed E-state index contributed by atoms with van der Waals surface area (Å²) in [4.78, 5) is 56.8. The van der Waals surface area contributed by atoms with Crippen molar-refractivity contribution in [2.45, 2.75) is 23.7 Å². The van der Waals surface area contributed by atoms with E-state index in [0.717, 1.165) is 97.3 Å². The number of ketones is 4. The van der Waals surface area contributed by atoms with E-state index in [-0.39, 0.29) is 23.1 Å². The van der Waals surface area contributed by atoms with Crippen LogP contribution in [0.3, 0.4) is 0 Å². The number of Topliss-reactive ketones (excluding diaryl/α,β-unsaturated/α-hetero) is 4. The lowest BCUT2D eigenvalue weighted by atomic mass is 9.62. The van der Waals surface area contributed by atoms with Crippen LogP contribution in [0.15, 0.2) is 121 Å². The van der Waals surface area contributed by atoms with E-state index in [9.17, 15) is 19.2 Å². The van der Waals surface area contributed by atoms with Gasteiger partial charge < -0.3 is 0 Å². The van der Waals surface area contributed by atoms with Crippen molar-refractivity contribution in [3.63, 3.8) is 0 Å². The lowest BCUT2D eigenvalue weighted by Gasteiger charge is -2.38. The second-order valence-electron chi connectivity index (χ2n) is 14.6. The van der Waals surface area contributed by atoms with Gasteiger partial charge in [-0.05, 0) is 92.0 Å². The van der Waals surface area contributed by atoms with Crippen molar-refractivity contribution in [2.75, 3.05) is 0 Å². The van der Waals surface area contributed by atoms with E-state index in [1.165, 1.54) is 11.7 Å². The third-order valence-electron chi connectivity index (χ3n) is 11.9. The second-order valence-corrected chi connectivity index (χ2v) is 17.3. The average molecular weight is 765 g/mol. The molecule has 6 aliphatic carbocycles. The van der Waals surface area contributed by atoms with Crippen LogP contribution in [0.4, 0.5) is 0 Å². The standard InChI is InChI=1S/C46H24N2O4S3/c49-43-37-23-5-1-3-7-25(23)39(45(43)51)31-19-21(9-11-27(31)37)33-15-17-35(53-33)29-13-14-30(42-41(29)47-55-48-42)36-18-16-34(54-36)22-10-12-28-32(20-22)40-26-8-4-2-6-24(26)38(28)44(50)46(40)52/h1-20,37-40H. The van der Waals surface area contributed by atoms with Crippen LogP contribution in [-0.2, 0) is 19.2 Å². The molecule has 9 heteroatoms. The van der Waals surface area contributed by atoms with Gasteiger partial charge in [-0.1, -0.05) is 84.9 Å². The number of rotatable bonds is 4. The third kappa shape index (κ3) is 4.23. The molecular formula is C46H24N2O4S3. The number of carbonyl (C=O) groups is 4. The Morgan fingerprint density at radius 3 is 1.11 bits per heavy atom. The minimum Gasteiger partial charge on any atom is -0.290 e. The van der Waals surface area contributed by atoms with Gasteiger partial charge in [-0.3, -0.25) is 19.2 Å². The van der Waals surface area contributed by atoms with Crippen molar-refractivity contribution in [1.82, 2.24) is 8.75 Å². The average Bonchev–Trinajstić information content (AvgIpc) is 4.02. The lowest BCUT2D eigenvalue weighted by molar-refractivity contribution is -0.138. The van der Waals surface area contributed by atoms with Crippen LogP contribution in [0.25, 0.3) is 52.8 Å². The molecule has 0 N–H and O–H groups in total. The Morgan fingerprint density at radius 1 is 0.364 bits per heavy atom. The summed E-state index contributed by atoms with van der Waals surface area (Å²) in [5, 5.41) is 0. The molecule has 0 amide bonds. The van der Waals surface area contributed by atoms with E-state index in [1.54, 1.807) is 22.7 Å². The van der Waals surface area contributed by atoms with Gasteiger partial charge in [0.05, 0.1) is 35.4 Å². The molecule has 14 rings (SSSR count). The van der Waals surface area contributed by atoms with Gasteiger partial charge in [0.2, 0.25) is 23.1 Å². The Hall–Kier alpha value is -6.00. The first-order valence-electron chi connectivity index (χ1n) is 18.0. The minimum absolute atomic E-state index is 0.307. The number of aromatic nitrogens is 2. The smallest absolute Gasteiger partial charge is 0.211 e. The Kier molecular flexibility index (Phi) is 6.43. The van der Waals surface area contributed by atoms with Crippen LogP contribution < -0.4 is 0 Å². The summed E-state index contributed by atoms with van der Waals surface area (Å²) in [5.74, 6) is -3.39. The van der Waals surface area contributed by atoms with Crippen molar-refractivity contribution in [3.8, 4) is 41.8 Å². The normalized spacial score (nSPS) is 20.1. The second kappa shape index (κ2) is 11.3. The summed E-state index contributed by atoms with van der Waals surface area (Å²) in [7, 11) is 0. The van der Waals surface area contributed by atoms with E-state index in [2.05, 4.69) is 60.7 Å². The highest BCUT2D eigenvalue weighted by atomic mass is 32.1. The molecule has 0 fully saturated rings. The van der Waals surface area contributed by atoms with Gasteiger partial charge in [0.15, 0.2) is 0 Å². The van der Waals surface area contributed by atoms with Crippen molar-refractivity contribution >= 4 is 68.6 Å². The number of hydrogen-bond acceptors (Lipinski definition) is 9. The van der Waals surface area contributed by atoms with Crippen LogP contribution in [-0.4, -0.2) is 31.9 Å². The molecule has 0 saturated heterocycles. The van der Waals surface area contributed by atoms with Crippen LogP contribution >= 0.6 is 34.4 Å². The molecule has 0 radical (unpaired) electrons. The zero-order chi connectivity index (χ0) is 36.7. The molecule has 55 heavy (non-hydrogen) atoms. The Balaban J connectivity index is 0.870. The Labute approximate surface area is 326 Å². The number of carbonyl (C=O) groups excluding carboxylic acids is 4. The molecule has 4 atom stereocenters. The van der Waals surface area contributed by atoms with E-state index in [0.29, 0.717) is 0 Å². The van der Waals surface area contributed by atoms with Crippen molar-refractivity contribution < 1.29 is 19.2 Å². The van der Waals surface area contributed by atoms with E-state index in [4.69, 9.17) is 8.75 Å². The van der Waals surface area contributed by atoms with Gasteiger partial charge in [-0.2, -0.15) is 8.75 Å². The van der Waals surface area contributed by atoms with Gasteiger partial charge in [-0.25, -0.2) is 0 Å². The lowest BCUT2D eigenvalue weighted by Crippen LogP contribution is -2.40. The molecule has 4 unspecified atom stereocenters. The van der Waals surface area contributed by atoms with Gasteiger partial charge in [0, 0.05) is 30.6 Å². The SMILES string of the molecule is O=C1C(=O)C2c3ccccc3C1c1ccc(-c3ccc(-c4ccc(-c5ccc(-c6ccc7c(c6)C6C(=O)C(=O)C7c7ccccc76)s5)c5nsnc45)s3)cc12. The molecule has 260 valence electrons. The Bertz CT molecular complexity index is 2870. The molecule has 0 spiro atoms. The molecule has 0 aliphatic heterocycles. The summed E-state index contributed by atoms with van der Waals surface area (Å²) in [6.45, 7) is 0. The van der Waals surface area contributed by atoms with Crippen LogP contribution in [0.5, 0.6) is 0 Å². The quantitative estimate of drug-likeness (QED) is 0.166. The van der Waals surface area contributed by atoms with E-state index >= 15 is 0 Å². The summed E-state index contributed by atoms with van der Waals surface area (Å²) in [5.41, 5.74) is 13.3. The predicted octanol–water partition coefficient (Wildman–Crippen LogP) is 9.94. The molecular weight excluding hydrogens is 741 g/mol. The largest absolute Gasteiger partial charge is 0.290 e. The first kappa shape index (κ1) is 31.4. The van der Waals surface area contributed by atoms with E-state index < -0.39 is 23.7 Å². The molecule has 3 heterocycles. The maximum Gasteiger partial charge on any atom is 0.211 e. The van der Waals surface area contributed by atoms with E-state index in [1.807, 2.05) is 60.7 Å². The summed E-state index contributed by atoms with van der Waals surface area (Å²) < 4.78 is 9.53. The van der Waals surface area contributed by atoms with Gasteiger partial charge in [0.25, 0.3) is 0 Å². The fourth-order valence-electron chi connectivity index (χ4n) is 9.46. The zero-order valence-corrected chi connectivity index (χ0v) is 31.1. The molecule has 3 aromatic heterocycles. The summed E-state index contributed by atoms with van der Waals surface area (Å²) in [6.07, 6.45) is 0. The predicted molar refractivity (Wildman–Crippen MR) is 215 cm³/mol. The highest BCUT2D eigenvalue weighted by Crippen LogP contribution is 2.52. The van der Waals surface area contributed by atoms with Crippen LogP contribution in [0.1, 0.15) is 68.2 Å².